The maximum atomic E-state index is 12.6. The van der Waals surface area contributed by atoms with E-state index < -0.39 is 17.0 Å². The molecule has 0 bridgehead atoms. The average Bonchev–Trinajstić information content (AvgIpc) is 2.76. The van der Waals surface area contributed by atoms with Crippen LogP contribution in [0.1, 0.15) is 16.9 Å². The predicted molar refractivity (Wildman–Crippen MR) is 73.8 cm³/mol. The molecule has 1 unspecified atom stereocenters. The minimum Gasteiger partial charge on any atom is -0.507 e. The van der Waals surface area contributed by atoms with Crippen molar-refractivity contribution in [1.29, 1.82) is 0 Å². The smallest absolute Gasteiger partial charge is 0.347 e. The van der Waals surface area contributed by atoms with Crippen molar-refractivity contribution in [3.63, 3.8) is 0 Å². The number of methoxy groups -OCH3 is 1. The van der Waals surface area contributed by atoms with Crippen molar-refractivity contribution in [3.05, 3.63) is 45.3 Å². The number of benzene rings is 1. The minimum atomic E-state index is -2.20. The second-order valence-corrected chi connectivity index (χ2v) is 4.92. The van der Waals surface area contributed by atoms with E-state index in [4.69, 9.17) is 4.42 Å². The Morgan fingerprint density at radius 2 is 2.10 bits per heavy atom. The highest BCUT2D eigenvalue weighted by Gasteiger charge is 2.45. The minimum absolute atomic E-state index is 0.0744. The molecule has 1 atom stereocenters. The molecule has 2 N–H and O–H groups in total. The van der Waals surface area contributed by atoms with Gasteiger partial charge >= 0.3 is 5.97 Å². The van der Waals surface area contributed by atoms with Gasteiger partial charge < -0.3 is 19.4 Å². The first-order valence-corrected chi connectivity index (χ1v) is 6.19. The van der Waals surface area contributed by atoms with E-state index in [1.54, 1.807) is 13.0 Å². The van der Waals surface area contributed by atoms with Crippen LogP contribution in [0, 0.1) is 6.92 Å². The van der Waals surface area contributed by atoms with Crippen LogP contribution in [0.25, 0.3) is 17.0 Å². The molecule has 3 rings (SSSR count). The number of hydrogen-bond donors (Lipinski definition) is 2. The van der Waals surface area contributed by atoms with Crippen molar-refractivity contribution >= 4 is 23.0 Å². The number of phenolic OH excluding ortho intramolecular Hbond substituents is 1. The van der Waals surface area contributed by atoms with E-state index in [-0.39, 0.29) is 28.0 Å². The van der Waals surface area contributed by atoms with Crippen LogP contribution in [-0.4, -0.2) is 23.3 Å². The largest absolute Gasteiger partial charge is 0.507 e. The van der Waals surface area contributed by atoms with Crippen LogP contribution in [-0.2, 0) is 15.1 Å². The third kappa shape index (κ3) is 1.69. The van der Waals surface area contributed by atoms with Crippen LogP contribution in [0.2, 0.25) is 0 Å². The summed E-state index contributed by atoms with van der Waals surface area (Å²) in [5.74, 6) is -1.18. The Labute approximate surface area is 118 Å². The van der Waals surface area contributed by atoms with Crippen LogP contribution in [0.3, 0.4) is 0 Å². The van der Waals surface area contributed by atoms with E-state index in [0.29, 0.717) is 5.56 Å². The standard InChI is InChI=1S/C15H12O6/c1-7-5-8(16)11-10(6-7)21-9-3-4-15(19,14(18)20-2)12(9)13(11)17/h3-6,16,19H,1-2H3. The topological polar surface area (TPSA) is 97.0 Å². The zero-order valence-electron chi connectivity index (χ0n) is 11.3. The molecule has 1 aromatic heterocycles. The fraction of sp³-hybridized carbons (Fsp3) is 0.200. The Morgan fingerprint density at radius 1 is 1.38 bits per heavy atom. The zero-order chi connectivity index (χ0) is 15.4. The van der Waals surface area contributed by atoms with Crippen molar-refractivity contribution in [2.45, 2.75) is 12.5 Å². The van der Waals surface area contributed by atoms with Crippen LogP contribution in [0.5, 0.6) is 5.75 Å². The first-order chi connectivity index (χ1) is 9.88. The quantitative estimate of drug-likeness (QED) is 0.765. The molecule has 0 saturated heterocycles. The number of carbonyl (C=O) groups excluding carboxylic acids is 1. The summed E-state index contributed by atoms with van der Waals surface area (Å²) < 4.78 is 10.0. The number of ether oxygens (including phenoxy) is 1. The molecule has 0 aliphatic heterocycles. The molecule has 6 heteroatoms. The Balaban J connectivity index is 2.42. The molecule has 6 nitrogen and oxygen atoms in total. The second-order valence-electron chi connectivity index (χ2n) is 4.92. The number of phenols is 1. The van der Waals surface area contributed by atoms with Crippen LogP contribution in [0.4, 0.5) is 0 Å². The lowest BCUT2D eigenvalue weighted by Gasteiger charge is -2.18. The molecular formula is C15H12O6. The normalized spacial score (nSPS) is 19.8. The third-order valence-electron chi connectivity index (χ3n) is 3.50. The van der Waals surface area contributed by atoms with Gasteiger partial charge in [-0.3, -0.25) is 4.79 Å². The zero-order valence-corrected chi connectivity index (χ0v) is 11.3. The highest BCUT2D eigenvalue weighted by molar-refractivity contribution is 5.92. The van der Waals surface area contributed by atoms with Crippen LogP contribution in [0.15, 0.2) is 27.4 Å². The molecule has 1 heterocycles. The highest BCUT2D eigenvalue weighted by atomic mass is 16.5. The Morgan fingerprint density at radius 3 is 2.76 bits per heavy atom. The molecule has 1 aliphatic carbocycles. The molecule has 0 amide bonds. The van der Waals surface area contributed by atoms with E-state index >= 15 is 0 Å². The van der Waals surface area contributed by atoms with E-state index in [1.807, 2.05) is 0 Å². The van der Waals surface area contributed by atoms with Crippen molar-refractivity contribution in [2.75, 3.05) is 7.11 Å². The second kappa shape index (κ2) is 4.20. The maximum Gasteiger partial charge on any atom is 0.347 e. The Kier molecular flexibility index (Phi) is 2.67. The number of rotatable bonds is 1. The SMILES string of the molecule is COC(=O)C1(O)C=Cc2oc3cc(C)cc(O)c3c(=O)c21. The molecule has 1 aromatic carbocycles. The van der Waals surface area contributed by atoms with Gasteiger partial charge in [0.1, 0.15) is 22.5 Å². The van der Waals surface area contributed by atoms with Gasteiger partial charge in [0.25, 0.3) is 0 Å². The van der Waals surface area contributed by atoms with E-state index in [2.05, 4.69) is 4.74 Å². The number of fused-ring (bicyclic) bond motifs is 2. The van der Waals surface area contributed by atoms with Crippen molar-refractivity contribution < 1.29 is 24.2 Å². The lowest BCUT2D eigenvalue weighted by atomic mass is 9.96. The molecule has 2 aromatic rings. The average molecular weight is 288 g/mol. The molecule has 21 heavy (non-hydrogen) atoms. The summed E-state index contributed by atoms with van der Waals surface area (Å²) in [5, 5.41) is 20.3. The summed E-state index contributed by atoms with van der Waals surface area (Å²) in [6, 6.07) is 3.01. The Bertz CT molecular complexity index is 861. The van der Waals surface area contributed by atoms with Crippen molar-refractivity contribution in [2.24, 2.45) is 0 Å². The molecule has 1 aliphatic rings. The Hall–Kier alpha value is -2.60. The fourth-order valence-electron chi connectivity index (χ4n) is 2.53. The number of hydrogen-bond acceptors (Lipinski definition) is 6. The van der Waals surface area contributed by atoms with Crippen LogP contribution < -0.4 is 5.43 Å². The molecule has 108 valence electrons. The van der Waals surface area contributed by atoms with Gasteiger partial charge in [-0.05, 0) is 36.8 Å². The number of carbonyl (C=O) groups is 1. The number of esters is 1. The molecule has 0 saturated carbocycles. The van der Waals surface area contributed by atoms with E-state index in [0.717, 1.165) is 13.2 Å². The highest BCUT2D eigenvalue weighted by Crippen LogP contribution is 2.36. The molecule has 0 spiro atoms. The fourth-order valence-corrected chi connectivity index (χ4v) is 2.53. The van der Waals surface area contributed by atoms with Gasteiger partial charge in [0.05, 0.1) is 12.7 Å². The first kappa shape index (κ1) is 13.4. The van der Waals surface area contributed by atoms with Gasteiger partial charge in [-0.25, -0.2) is 4.79 Å². The van der Waals surface area contributed by atoms with Crippen LogP contribution >= 0.6 is 0 Å². The number of aromatic hydroxyl groups is 1. The van der Waals surface area contributed by atoms with Crippen molar-refractivity contribution in [1.82, 2.24) is 0 Å². The summed E-state index contributed by atoms with van der Waals surface area (Å²) in [4.78, 5) is 24.3. The molecule has 0 radical (unpaired) electrons. The predicted octanol–water partition coefficient (Wildman–Crippen LogP) is 1.19. The lowest BCUT2D eigenvalue weighted by Crippen LogP contribution is -2.37. The summed E-state index contributed by atoms with van der Waals surface area (Å²) in [6.45, 7) is 1.74. The first-order valence-electron chi connectivity index (χ1n) is 6.19. The summed E-state index contributed by atoms with van der Waals surface area (Å²) in [6.07, 6.45) is 2.48. The number of aliphatic hydroxyl groups is 1. The maximum absolute atomic E-state index is 12.6. The van der Waals surface area contributed by atoms with Gasteiger partial charge in [0.15, 0.2) is 0 Å². The third-order valence-corrected chi connectivity index (χ3v) is 3.50. The van der Waals surface area contributed by atoms with Gasteiger partial charge in [0.2, 0.25) is 11.0 Å². The van der Waals surface area contributed by atoms with Gasteiger partial charge in [-0.1, -0.05) is 0 Å². The summed E-state index contributed by atoms with van der Waals surface area (Å²) in [5.41, 5.74) is -2.21. The van der Waals surface area contributed by atoms with Gasteiger partial charge in [-0.2, -0.15) is 0 Å². The van der Waals surface area contributed by atoms with E-state index in [9.17, 15) is 19.8 Å². The summed E-state index contributed by atoms with van der Waals surface area (Å²) >= 11 is 0. The lowest BCUT2D eigenvalue weighted by molar-refractivity contribution is -0.158. The van der Waals surface area contributed by atoms with Crippen molar-refractivity contribution in [3.8, 4) is 5.75 Å². The molecular weight excluding hydrogens is 276 g/mol. The van der Waals surface area contributed by atoms with Gasteiger partial charge in [0, 0.05) is 0 Å². The van der Waals surface area contributed by atoms with E-state index in [1.165, 1.54) is 12.1 Å². The molecule has 0 fully saturated rings. The number of aryl methyl sites for hydroxylation is 1. The summed E-state index contributed by atoms with van der Waals surface area (Å²) in [7, 11) is 1.11. The monoisotopic (exact) mass is 288 g/mol. The van der Waals surface area contributed by atoms with Gasteiger partial charge in [-0.15, -0.1) is 0 Å².